The van der Waals surface area contributed by atoms with E-state index in [0.29, 0.717) is 23.5 Å². The lowest BCUT2D eigenvalue weighted by atomic mass is 9.47. The Morgan fingerprint density at radius 3 is 2.74 bits per heavy atom. The van der Waals surface area contributed by atoms with E-state index in [4.69, 9.17) is 0 Å². The minimum absolute atomic E-state index is 0.0639. The summed E-state index contributed by atoms with van der Waals surface area (Å²) in [6, 6.07) is 4.12. The maximum atomic E-state index is 13.2. The van der Waals surface area contributed by atoms with Gasteiger partial charge in [0.2, 0.25) is 5.91 Å². The topological polar surface area (TPSA) is 62.0 Å². The number of aromatic amines is 1. The van der Waals surface area contributed by atoms with Crippen molar-refractivity contribution in [2.45, 2.75) is 58.4 Å². The van der Waals surface area contributed by atoms with E-state index in [1.54, 1.807) is 6.08 Å². The Morgan fingerprint density at radius 1 is 1.11 bits per heavy atom. The number of H-pyrrole nitrogens is 1. The van der Waals surface area contributed by atoms with Gasteiger partial charge in [-0.1, -0.05) is 19.9 Å². The molecule has 5 rings (SSSR count). The first kappa shape index (κ1) is 17.3. The van der Waals surface area contributed by atoms with Crippen LogP contribution in [0.4, 0.5) is 0 Å². The molecule has 0 saturated heterocycles. The second-order valence-electron chi connectivity index (χ2n) is 9.84. The first-order valence-corrected chi connectivity index (χ1v) is 10.6. The monoisotopic (exact) mass is 366 g/mol. The number of carbonyl (C=O) groups is 2. The summed E-state index contributed by atoms with van der Waals surface area (Å²) in [5.41, 5.74) is 0.964. The van der Waals surface area contributed by atoms with Crippen LogP contribution in [0.2, 0.25) is 0 Å². The molecule has 3 fully saturated rings. The van der Waals surface area contributed by atoms with Crippen LogP contribution in [0.15, 0.2) is 30.5 Å². The van der Waals surface area contributed by atoms with Crippen molar-refractivity contribution in [3.63, 3.8) is 0 Å². The van der Waals surface area contributed by atoms with Crippen molar-refractivity contribution in [2.24, 2.45) is 34.5 Å². The van der Waals surface area contributed by atoms with Gasteiger partial charge in [-0.05, 0) is 79.9 Å². The Balaban J connectivity index is 1.44. The quantitative estimate of drug-likeness (QED) is 0.774. The van der Waals surface area contributed by atoms with Crippen LogP contribution in [-0.2, 0) is 4.79 Å². The Morgan fingerprint density at radius 2 is 1.96 bits per heavy atom. The molecular formula is C23H30N2O2. The number of ketones is 1. The maximum Gasteiger partial charge on any atom is 0.243 e. The zero-order valence-electron chi connectivity index (χ0n) is 16.3. The summed E-state index contributed by atoms with van der Waals surface area (Å²) in [5, 5.41) is 3.22. The zero-order chi connectivity index (χ0) is 18.8. The molecule has 4 heteroatoms. The van der Waals surface area contributed by atoms with Gasteiger partial charge >= 0.3 is 0 Å². The van der Waals surface area contributed by atoms with Crippen molar-refractivity contribution in [1.29, 1.82) is 0 Å². The summed E-state index contributed by atoms with van der Waals surface area (Å²) in [7, 11) is 0. The number of Topliss-reactive ketones (excluding diaryl/α,β-unsaturated/α-hetero) is 1. The number of amides is 1. The first-order valence-electron chi connectivity index (χ1n) is 10.6. The highest BCUT2D eigenvalue weighted by molar-refractivity contribution is 5.97. The molecule has 2 N–H and O–H groups in total. The van der Waals surface area contributed by atoms with Gasteiger partial charge in [-0.15, -0.1) is 0 Å². The highest BCUT2D eigenvalue weighted by Crippen LogP contribution is 2.65. The van der Waals surface area contributed by atoms with Crippen LogP contribution in [0.1, 0.15) is 62.9 Å². The number of rotatable bonds is 2. The lowest BCUT2D eigenvalue weighted by molar-refractivity contribution is -0.122. The predicted octanol–water partition coefficient (Wildman–Crippen LogP) is 4.11. The van der Waals surface area contributed by atoms with Gasteiger partial charge in [0, 0.05) is 23.6 Å². The fourth-order valence-electron chi connectivity index (χ4n) is 7.44. The lowest BCUT2D eigenvalue weighted by Gasteiger charge is -2.58. The highest BCUT2D eigenvalue weighted by atomic mass is 16.1. The van der Waals surface area contributed by atoms with Crippen molar-refractivity contribution < 1.29 is 9.59 Å². The maximum absolute atomic E-state index is 13.2. The molecule has 144 valence electrons. The van der Waals surface area contributed by atoms with Gasteiger partial charge in [0.25, 0.3) is 0 Å². The van der Waals surface area contributed by atoms with Crippen molar-refractivity contribution in [2.75, 3.05) is 0 Å². The molecule has 0 bridgehead atoms. The standard InChI is InChI=1S/C23H30N2O2/c1-22-11-9-16-14(5-8-19-23(16,2)12-10-20(26)25-19)15(22)6-7-17(22)21(27)18-4-3-13-24-18/h3-4,10,12-17,19,24H,5-9,11H2,1-2H3,(H,25,26)/t14-,15-,16-,17+,19+,22-,23+/m0/s1. The summed E-state index contributed by atoms with van der Waals surface area (Å²) in [5.74, 6) is 2.44. The summed E-state index contributed by atoms with van der Waals surface area (Å²) >= 11 is 0. The van der Waals surface area contributed by atoms with Crippen LogP contribution in [0, 0.1) is 34.5 Å². The molecule has 3 aliphatic carbocycles. The van der Waals surface area contributed by atoms with Crippen LogP contribution in [0.5, 0.6) is 0 Å². The van der Waals surface area contributed by atoms with E-state index in [2.05, 4.69) is 30.2 Å². The molecule has 27 heavy (non-hydrogen) atoms. The molecule has 4 nitrogen and oxygen atoms in total. The number of nitrogens with one attached hydrogen (secondary N) is 2. The fourth-order valence-corrected chi connectivity index (χ4v) is 7.44. The van der Waals surface area contributed by atoms with Crippen molar-refractivity contribution in [1.82, 2.24) is 10.3 Å². The summed E-state index contributed by atoms with van der Waals surface area (Å²) in [6.45, 7) is 4.74. The van der Waals surface area contributed by atoms with Gasteiger partial charge in [0.15, 0.2) is 5.78 Å². The summed E-state index contributed by atoms with van der Waals surface area (Å²) in [4.78, 5) is 28.1. The first-order chi connectivity index (χ1) is 12.9. The van der Waals surface area contributed by atoms with Crippen LogP contribution in [0.3, 0.4) is 0 Å². The molecule has 0 aromatic carbocycles. The Bertz CT molecular complexity index is 797. The number of hydrogen-bond acceptors (Lipinski definition) is 2. The number of carbonyl (C=O) groups excluding carboxylic acids is 2. The third kappa shape index (κ3) is 2.34. The second-order valence-corrected chi connectivity index (χ2v) is 9.84. The number of aromatic nitrogens is 1. The molecule has 1 aliphatic heterocycles. The second kappa shape index (κ2) is 5.83. The lowest BCUT2D eigenvalue weighted by Crippen LogP contribution is -2.59. The van der Waals surface area contributed by atoms with E-state index >= 15 is 0 Å². The Hall–Kier alpha value is -1.84. The smallest absolute Gasteiger partial charge is 0.243 e. The molecule has 1 amide bonds. The summed E-state index contributed by atoms with van der Waals surface area (Å²) < 4.78 is 0. The van der Waals surface area contributed by atoms with Gasteiger partial charge in [0.1, 0.15) is 0 Å². The van der Waals surface area contributed by atoms with Crippen molar-refractivity contribution >= 4 is 11.7 Å². The molecule has 0 spiro atoms. The molecule has 0 unspecified atom stereocenters. The van der Waals surface area contributed by atoms with E-state index < -0.39 is 0 Å². The largest absolute Gasteiger partial charge is 0.359 e. The van der Waals surface area contributed by atoms with Gasteiger partial charge in [-0.2, -0.15) is 0 Å². The normalized spacial score (nSPS) is 45.6. The fraction of sp³-hybridized carbons (Fsp3) is 0.652. The zero-order valence-corrected chi connectivity index (χ0v) is 16.3. The van der Waals surface area contributed by atoms with Gasteiger partial charge in [-0.3, -0.25) is 9.59 Å². The average Bonchev–Trinajstić information content (AvgIpc) is 3.29. The van der Waals surface area contributed by atoms with Crippen molar-refractivity contribution in [3.8, 4) is 0 Å². The summed E-state index contributed by atoms with van der Waals surface area (Å²) in [6.07, 6.45) is 12.5. The minimum atomic E-state index is 0.0639. The number of fused-ring (bicyclic) bond motifs is 5. The SMILES string of the molecule is C[C@]12C=CC(=O)N[C@@H]1CC[C@@H]1[C@@H]2CC[C@]2(C)[C@@H](C(=O)c3ccc[nH]3)CC[C@@H]12. The molecular weight excluding hydrogens is 336 g/mol. The predicted molar refractivity (Wildman–Crippen MR) is 104 cm³/mol. The minimum Gasteiger partial charge on any atom is -0.359 e. The highest BCUT2D eigenvalue weighted by Gasteiger charge is 2.60. The molecule has 3 saturated carbocycles. The Kier molecular flexibility index (Phi) is 3.73. The molecule has 7 atom stereocenters. The third-order valence-electron chi connectivity index (χ3n) is 8.87. The van der Waals surface area contributed by atoms with Crippen LogP contribution in [0.25, 0.3) is 0 Å². The van der Waals surface area contributed by atoms with E-state index in [1.807, 2.05) is 18.3 Å². The van der Waals surface area contributed by atoms with E-state index in [9.17, 15) is 9.59 Å². The van der Waals surface area contributed by atoms with Crippen LogP contribution >= 0.6 is 0 Å². The molecule has 2 heterocycles. The molecule has 4 aliphatic rings. The molecule has 1 aromatic heterocycles. The molecule has 0 radical (unpaired) electrons. The van der Waals surface area contributed by atoms with Crippen LogP contribution < -0.4 is 5.32 Å². The van der Waals surface area contributed by atoms with Gasteiger partial charge < -0.3 is 10.3 Å². The van der Waals surface area contributed by atoms with E-state index in [1.165, 1.54) is 19.3 Å². The van der Waals surface area contributed by atoms with E-state index in [-0.39, 0.29) is 28.7 Å². The molecule has 1 aromatic rings. The average molecular weight is 367 g/mol. The third-order valence-corrected chi connectivity index (χ3v) is 8.87. The Labute approximate surface area is 161 Å². The van der Waals surface area contributed by atoms with E-state index in [0.717, 1.165) is 25.0 Å². The van der Waals surface area contributed by atoms with Crippen molar-refractivity contribution in [3.05, 3.63) is 36.2 Å². The van der Waals surface area contributed by atoms with Crippen LogP contribution in [-0.4, -0.2) is 22.7 Å². The number of hydrogen-bond donors (Lipinski definition) is 2. The van der Waals surface area contributed by atoms with Gasteiger partial charge in [0.05, 0.1) is 5.69 Å². The van der Waals surface area contributed by atoms with Gasteiger partial charge in [-0.25, -0.2) is 0 Å².